The second kappa shape index (κ2) is 5.20. The molecule has 1 heterocycles. The second-order valence-corrected chi connectivity index (χ2v) is 5.09. The summed E-state index contributed by atoms with van der Waals surface area (Å²) in [4.78, 5) is 14.0. The lowest BCUT2D eigenvalue weighted by molar-refractivity contribution is 0.0765. The van der Waals surface area contributed by atoms with E-state index >= 15 is 0 Å². The van der Waals surface area contributed by atoms with E-state index in [0.29, 0.717) is 11.6 Å². The smallest absolute Gasteiger partial charge is 0.257 e. The van der Waals surface area contributed by atoms with E-state index < -0.39 is 11.7 Å². The molecule has 2 N–H and O–H groups in total. The molecule has 18 heavy (non-hydrogen) atoms. The van der Waals surface area contributed by atoms with Crippen LogP contribution in [0.15, 0.2) is 18.2 Å². The normalized spacial score (nSPS) is 19.0. The van der Waals surface area contributed by atoms with Crippen LogP contribution in [0.4, 0.5) is 4.39 Å². The standard InChI is InChI=1S/C12H12ClFN2OS/c13-7-3-4-9(14)8(6-7)12(17)16-5-1-2-10(16)11(15)18/h3-4,6,10H,1-2,5H2,(H2,15,18). The van der Waals surface area contributed by atoms with E-state index in [-0.39, 0.29) is 16.6 Å². The van der Waals surface area contributed by atoms with E-state index in [0.717, 1.165) is 12.8 Å². The minimum atomic E-state index is -0.585. The number of likely N-dealkylation sites (tertiary alicyclic amines) is 1. The van der Waals surface area contributed by atoms with Crippen LogP contribution in [0, 0.1) is 5.82 Å². The Kier molecular flexibility index (Phi) is 3.82. The number of hydrogen-bond donors (Lipinski definition) is 1. The number of nitrogens with zero attached hydrogens (tertiary/aromatic N) is 1. The monoisotopic (exact) mass is 286 g/mol. The Morgan fingerprint density at radius 3 is 2.94 bits per heavy atom. The van der Waals surface area contributed by atoms with Gasteiger partial charge in [0, 0.05) is 11.6 Å². The molecular weight excluding hydrogens is 275 g/mol. The van der Waals surface area contributed by atoms with Gasteiger partial charge < -0.3 is 10.6 Å². The maximum Gasteiger partial charge on any atom is 0.257 e. The molecule has 96 valence electrons. The van der Waals surface area contributed by atoms with Crippen LogP contribution in [0.1, 0.15) is 23.2 Å². The van der Waals surface area contributed by atoms with Crippen molar-refractivity contribution < 1.29 is 9.18 Å². The van der Waals surface area contributed by atoms with Gasteiger partial charge in [-0.3, -0.25) is 4.79 Å². The highest BCUT2D eigenvalue weighted by Gasteiger charge is 2.32. The fourth-order valence-corrected chi connectivity index (χ4v) is 2.54. The minimum Gasteiger partial charge on any atom is -0.392 e. The van der Waals surface area contributed by atoms with Gasteiger partial charge in [0.15, 0.2) is 0 Å². The summed E-state index contributed by atoms with van der Waals surface area (Å²) in [5, 5.41) is 0.325. The summed E-state index contributed by atoms with van der Waals surface area (Å²) in [5.41, 5.74) is 5.55. The van der Waals surface area contributed by atoms with Gasteiger partial charge in [-0.1, -0.05) is 23.8 Å². The molecule has 0 aromatic heterocycles. The van der Waals surface area contributed by atoms with Crippen LogP contribution < -0.4 is 5.73 Å². The molecule has 1 saturated heterocycles. The Morgan fingerprint density at radius 1 is 1.56 bits per heavy atom. The van der Waals surface area contributed by atoms with Crippen molar-refractivity contribution in [2.45, 2.75) is 18.9 Å². The molecule has 2 rings (SSSR count). The average molecular weight is 287 g/mol. The number of halogens is 2. The van der Waals surface area contributed by atoms with E-state index in [9.17, 15) is 9.18 Å². The molecule has 1 atom stereocenters. The zero-order valence-electron chi connectivity index (χ0n) is 9.53. The predicted molar refractivity (Wildman–Crippen MR) is 72.3 cm³/mol. The zero-order valence-corrected chi connectivity index (χ0v) is 11.1. The van der Waals surface area contributed by atoms with Crippen LogP contribution in [0.5, 0.6) is 0 Å². The summed E-state index contributed by atoms with van der Waals surface area (Å²) >= 11 is 10.7. The lowest BCUT2D eigenvalue weighted by atomic mass is 10.1. The summed E-state index contributed by atoms with van der Waals surface area (Å²) < 4.78 is 13.6. The molecular formula is C12H12ClFN2OS. The first kappa shape index (κ1) is 13.2. The van der Waals surface area contributed by atoms with Crippen molar-refractivity contribution in [1.29, 1.82) is 0 Å². The van der Waals surface area contributed by atoms with Crippen LogP contribution in [0.2, 0.25) is 5.02 Å². The fraction of sp³-hybridized carbons (Fsp3) is 0.333. The molecule has 0 aliphatic carbocycles. The largest absolute Gasteiger partial charge is 0.392 e. The van der Waals surface area contributed by atoms with Crippen molar-refractivity contribution in [3.63, 3.8) is 0 Å². The highest BCUT2D eigenvalue weighted by atomic mass is 35.5. The Balaban J connectivity index is 2.31. The lowest BCUT2D eigenvalue weighted by Crippen LogP contribution is -2.43. The minimum absolute atomic E-state index is 0.0364. The fourth-order valence-electron chi connectivity index (χ4n) is 2.12. The molecule has 0 spiro atoms. The predicted octanol–water partition coefficient (Wildman–Crippen LogP) is 2.37. The molecule has 1 amide bonds. The number of thiocarbonyl (C=S) groups is 1. The Hall–Kier alpha value is -1.20. The Bertz CT molecular complexity index is 509. The van der Waals surface area contributed by atoms with Crippen LogP contribution in [0.25, 0.3) is 0 Å². The van der Waals surface area contributed by atoms with Gasteiger partial charge in [-0.25, -0.2) is 4.39 Å². The van der Waals surface area contributed by atoms with Crippen molar-refractivity contribution in [3.05, 3.63) is 34.6 Å². The molecule has 1 aliphatic rings. The molecule has 0 radical (unpaired) electrons. The van der Waals surface area contributed by atoms with E-state index in [2.05, 4.69) is 0 Å². The summed E-state index contributed by atoms with van der Waals surface area (Å²) in [6.45, 7) is 0.535. The van der Waals surface area contributed by atoms with Gasteiger partial charge in [-0.2, -0.15) is 0 Å². The SMILES string of the molecule is NC(=S)C1CCCN1C(=O)c1cc(Cl)ccc1F. The van der Waals surface area contributed by atoms with Crippen LogP contribution in [-0.4, -0.2) is 28.4 Å². The lowest BCUT2D eigenvalue weighted by Gasteiger charge is -2.24. The second-order valence-electron chi connectivity index (χ2n) is 4.18. The third-order valence-electron chi connectivity index (χ3n) is 3.00. The molecule has 0 saturated carbocycles. The first-order valence-electron chi connectivity index (χ1n) is 5.56. The number of nitrogens with two attached hydrogens (primary N) is 1. The molecule has 1 aromatic rings. The summed E-state index contributed by atoms with van der Waals surface area (Å²) in [6.07, 6.45) is 1.54. The average Bonchev–Trinajstić information content (AvgIpc) is 2.80. The summed E-state index contributed by atoms with van der Waals surface area (Å²) in [5.74, 6) is -0.997. The zero-order chi connectivity index (χ0) is 13.3. The molecule has 1 aromatic carbocycles. The van der Waals surface area contributed by atoms with Crippen molar-refractivity contribution in [2.75, 3.05) is 6.54 Å². The summed E-state index contributed by atoms with van der Waals surface area (Å²) in [6, 6.07) is 3.63. The third kappa shape index (κ3) is 2.47. The maximum atomic E-state index is 13.6. The van der Waals surface area contributed by atoms with Crippen molar-refractivity contribution >= 4 is 34.7 Å². The van der Waals surface area contributed by atoms with E-state index in [4.69, 9.17) is 29.6 Å². The Morgan fingerprint density at radius 2 is 2.28 bits per heavy atom. The van der Waals surface area contributed by atoms with Gasteiger partial charge in [0.1, 0.15) is 5.82 Å². The van der Waals surface area contributed by atoms with Crippen molar-refractivity contribution in [2.24, 2.45) is 5.73 Å². The van der Waals surface area contributed by atoms with Gasteiger partial charge >= 0.3 is 0 Å². The number of amides is 1. The Labute approximate surface area is 115 Å². The van der Waals surface area contributed by atoms with Crippen LogP contribution in [0.3, 0.4) is 0 Å². The highest BCUT2D eigenvalue weighted by Crippen LogP contribution is 2.23. The molecule has 6 heteroatoms. The highest BCUT2D eigenvalue weighted by molar-refractivity contribution is 7.80. The van der Waals surface area contributed by atoms with Crippen LogP contribution in [-0.2, 0) is 0 Å². The van der Waals surface area contributed by atoms with E-state index in [1.165, 1.54) is 23.1 Å². The van der Waals surface area contributed by atoms with E-state index in [1.54, 1.807) is 0 Å². The third-order valence-corrected chi connectivity index (χ3v) is 3.51. The first-order valence-corrected chi connectivity index (χ1v) is 6.34. The molecule has 1 unspecified atom stereocenters. The first-order chi connectivity index (χ1) is 8.50. The van der Waals surface area contributed by atoms with Gasteiger partial charge in [-0.15, -0.1) is 0 Å². The van der Waals surface area contributed by atoms with Gasteiger partial charge in [0.2, 0.25) is 0 Å². The van der Waals surface area contributed by atoms with Crippen molar-refractivity contribution in [1.82, 2.24) is 4.90 Å². The van der Waals surface area contributed by atoms with Crippen molar-refractivity contribution in [3.8, 4) is 0 Å². The number of rotatable bonds is 2. The van der Waals surface area contributed by atoms with Crippen LogP contribution >= 0.6 is 23.8 Å². The number of benzene rings is 1. The van der Waals surface area contributed by atoms with E-state index in [1.807, 2.05) is 0 Å². The van der Waals surface area contributed by atoms with Gasteiger partial charge in [0.25, 0.3) is 5.91 Å². The molecule has 1 aliphatic heterocycles. The number of hydrogen-bond acceptors (Lipinski definition) is 2. The number of carbonyl (C=O) groups is 1. The van der Waals surface area contributed by atoms with Gasteiger partial charge in [0.05, 0.1) is 16.6 Å². The summed E-state index contributed by atoms with van der Waals surface area (Å²) in [7, 11) is 0. The molecule has 1 fully saturated rings. The maximum absolute atomic E-state index is 13.6. The quantitative estimate of drug-likeness (QED) is 0.849. The molecule has 3 nitrogen and oxygen atoms in total. The van der Waals surface area contributed by atoms with Gasteiger partial charge in [-0.05, 0) is 31.0 Å². The number of carbonyl (C=O) groups excluding carboxylic acids is 1. The molecule has 0 bridgehead atoms. The topological polar surface area (TPSA) is 46.3 Å².